The van der Waals surface area contributed by atoms with Crippen LogP contribution < -0.4 is 5.32 Å². The molecule has 4 rings (SSSR count). The largest absolute Gasteiger partial charge is 0.335 e. The molecule has 146 valence electrons. The van der Waals surface area contributed by atoms with E-state index in [1.54, 1.807) is 41.3 Å². The summed E-state index contributed by atoms with van der Waals surface area (Å²) in [5, 5.41) is 2.68. The molecular formula is C20H20F2N4O2. The number of likely N-dealkylation sites (tertiary alicyclic amines) is 2. The molecule has 28 heavy (non-hydrogen) atoms. The number of anilines is 1. The zero-order valence-electron chi connectivity index (χ0n) is 15.1. The summed E-state index contributed by atoms with van der Waals surface area (Å²) in [5.41, 5.74) is 1.09. The summed E-state index contributed by atoms with van der Waals surface area (Å²) in [6.45, 7) is 0.200. The highest BCUT2D eigenvalue weighted by Gasteiger charge is 2.52. The van der Waals surface area contributed by atoms with E-state index < -0.39 is 30.8 Å². The molecule has 3 heterocycles. The Labute approximate surface area is 161 Å². The van der Waals surface area contributed by atoms with E-state index in [2.05, 4.69) is 10.3 Å². The molecule has 1 atom stereocenters. The number of amides is 2. The fourth-order valence-electron chi connectivity index (χ4n) is 3.72. The summed E-state index contributed by atoms with van der Waals surface area (Å²) >= 11 is 0. The Kier molecular flexibility index (Phi) is 4.80. The van der Waals surface area contributed by atoms with Gasteiger partial charge in [0.1, 0.15) is 0 Å². The molecule has 1 N–H and O–H groups in total. The number of nitrogens with zero attached hydrogens (tertiary/aromatic N) is 3. The molecule has 0 spiro atoms. The average molecular weight is 386 g/mol. The van der Waals surface area contributed by atoms with E-state index in [0.717, 1.165) is 0 Å². The molecule has 6 nitrogen and oxygen atoms in total. The van der Waals surface area contributed by atoms with Crippen molar-refractivity contribution in [2.75, 3.05) is 25.0 Å². The molecule has 0 radical (unpaired) electrons. The molecule has 2 aliphatic rings. The van der Waals surface area contributed by atoms with Crippen molar-refractivity contribution in [2.45, 2.75) is 24.4 Å². The number of pyridine rings is 1. The Morgan fingerprint density at radius 2 is 1.75 bits per heavy atom. The first-order chi connectivity index (χ1) is 13.4. The van der Waals surface area contributed by atoms with Crippen molar-refractivity contribution in [1.29, 1.82) is 0 Å². The number of benzene rings is 1. The average Bonchev–Trinajstić information content (AvgIpc) is 2.97. The van der Waals surface area contributed by atoms with E-state index in [9.17, 15) is 18.4 Å². The number of aromatic nitrogens is 1. The number of hydrogen-bond acceptors (Lipinski definition) is 4. The molecule has 1 aromatic heterocycles. The highest BCUT2D eigenvalue weighted by molar-refractivity contribution is 5.96. The van der Waals surface area contributed by atoms with Crippen LogP contribution in [-0.4, -0.2) is 64.2 Å². The molecule has 2 fully saturated rings. The summed E-state index contributed by atoms with van der Waals surface area (Å²) < 4.78 is 28.1. The van der Waals surface area contributed by atoms with Crippen LogP contribution in [-0.2, 0) is 4.79 Å². The lowest BCUT2D eigenvalue weighted by molar-refractivity contribution is -0.122. The molecule has 0 saturated carbocycles. The minimum atomic E-state index is -2.93. The fraction of sp³-hybridized carbons (Fsp3) is 0.350. The fourth-order valence-corrected chi connectivity index (χ4v) is 3.72. The van der Waals surface area contributed by atoms with Crippen LogP contribution in [0.5, 0.6) is 0 Å². The summed E-state index contributed by atoms with van der Waals surface area (Å²) in [6.07, 6.45) is 2.53. The third kappa shape index (κ3) is 3.73. The molecule has 0 bridgehead atoms. The molecule has 8 heteroatoms. The monoisotopic (exact) mass is 386 g/mol. The van der Waals surface area contributed by atoms with Crippen LogP contribution in [0.3, 0.4) is 0 Å². The second-order valence-electron chi connectivity index (χ2n) is 7.20. The van der Waals surface area contributed by atoms with Crippen molar-refractivity contribution >= 4 is 17.5 Å². The topological polar surface area (TPSA) is 65.5 Å². The minimum absolute atomic E-state index is 0.124. The van der Waals surface area contributed by atoms with Gasteiger partial charge in [-0.2, -0.15) is 0 Å². The highest BCUT2D eigenvalue weighted by Crippen LogP contribution is 2.36. The van der Waals surface area contributed by atoms with Gasteiger partial charge in [-0.05, 0) is 24.3 Å². The molecular weight excluding hydrogens is 366 g/mol. The van der Waals surface area contributed by atoms with E-state index in [1.807, 2.05) is 6.07 Å². The van der Waals surface area contributed by atoms with Crippen LogP contribution in [0.4, 0.5) is 14.5 Å². The minimum Gasteiger partial charge on any atom is -0.335 e. The third-order valence-corrected chi connectivity index (χ3v) is 5.20. The predicted octanol–water partition coefficient (Wildman–Crippen LogP) is 2.25. The van der Waals surface area contributed by atoms with Crippen LogP contribution in [0.15, 0.2) is 54.9 Å². The molecule has 2 aliphatic heterocycles. The van der Waals surface area contributed by atoms with Gasteiger partial charge in [0.25, 0.3) is 11.8 Å². The van der Waals surface area contributed by atoms with Gasteiger partial charge < -0.3 is 10.2 Å². The van der Waals surface area contributed by atoms with Gasteiger partial charge in [-0.25, -0.2) is 8.78 Å². The van der Waals surface area contributed by atoms with Gasteiger partial charge in [0, 0.05) is 49.2 Å². The SMILES string of the molecule is O=C(Nc1ccncc1)C1CC(F)(F)CN1C1CN(C(=O)c2ccccc2)C1. The van der Waals surface area contributed by atoms with Crippen molar-refractivity contribution in [1.82, 2.24) is 14.8 Å². The van der Waals surface area contributed by atoms with Gasteiger partial charge in [-0.1, -0.05) is 18.2 Å². The number of nitrogens with one attached hydrogen (secondary N) is 1. The smallest absolute Gasteiger partial charge is 0.262 e. The molecule has 2 amide bonds. The Bertz CT molecular complexity index is 857. The number of carbonyl (C=O) groups is 2. The van der Waals surface area contributed by atoms with Gasteiger partial charge in [0.2, 0.25) is 5.91 Å². The first kappa shape index (κ1) is 18.5. The maximum Gasteiger partial charge on any atom is 0.262 e. The Hall–Kier alpha value is -2.87. The second-order valence-corrected chi connectivity index (χ2v) is 7.20. The first-order valence-electron chi connectivity index (χ1n) is 9.12. The van der Waals surface area contributed by atoms with E-state index in [0.29, 0.717) is 24.3 Å². The number of halogens is 2. The number of carbonyl (C=O) groups excluding carboxylic acids is 2. The van der Waals surface area contributed by atoms with Gasteiger partial charge in [-0.3, -0.25) is 19.5 Å². The lowest BCUT2D eigenvalue weighted by atomic mass is 10.0. The third-order valence-electron chi connectivity index (χ3n) is 5.20. The normalized spacial score (nSPS) is 21.9. The van der Waals surface area contributed by atoms with Crippen LogP contribution in [0.25, 0.3) is 0 Å². The maximum atomic E-state index is 14.1. The number of alkyl halides is 2. The highest BCUT2D eigenvalue weighted by atomic mass is 19.3. The summed E-state index contributed by atoms with van der Waals surface area (Å²) in [5.74, 6) is -3.51. The lowest BCUT2D eigenvalue weighted by Crippen LogP contribution is -2.63. The quantitative estimate of drug-likeness (QED) is 0.876. The molecule has 0 aliphatic carbocycles. The van der Waals surface area contributed by atoms with Crippen LogP contribution in [0.2, 0.25) is 0 Å². The summed E-state index contributed by atoms with van der Waals surface area (Å²) in [4.78, 5) is 32.1. The van der Waals surface area contributed by atoms with E-state index in [4.69, 9.17) is 0 Å². The molecule has 2 saturated heterocycles. The van der Waals surface area contributed by atoms with Crippen LogP contribution >= 0.6 is 0 Å². The van der Waals surface area contributed by atoms with E-state index in [1.165, 1.54) is 17.3 Å². The summed E-state index contributed by atoms with van der Waals surface area (Å²) in [6, 6.07) is 10.9. The zero-order chi connectivity index (χ0) is 19.7. The van der Waals surface area contributed by atoms with E-state index in [-0.39, 0.29) is 11.9 Å². The van der Waals surface area contributed by atoms with Crippen molar-refractivity contribution in [3.8, 4) is 0 Å². The lowest BCUT2D eigenvalue weighted by Gasteiger charge is -2.45. The van der Waals surface area contributed by atoms with Gasteiger partial charge in [-0.15, -0.1) is 0 Å². The Balaban J connectivity index is 1.41. The Morgan fingerprint density at radius 3 is 2.43 bits per heavy atom. The van der Waals surface area contributed by atoms with Crippen molar-refractivity contribution in [2.24, 2.45) is 0 Å². The van der Waals surface area contributed by atoms with Gasteiger partial charge in [0.15, 0.2) is 0 Å². The standard InChI is InChI=1S/C20H20F2N4O2/c21-20(22)10-17(18(27)24-15-6-8-23-9-7-15)26(13-20)16-11-25(12-16)19(28)14-4-2-1-3-5-14/h1-9,16-17H,10-13H2,(H,23,24,27). The van der Waals surface area contributed by atoms with Crippen molar-refractivity contribution in [3.05, 3.63) is 60.4 Å². The van der Waals surface area contributed by atoms with Gasteiger partial charge in [0.05, 0.1) is 12.6 Å². The predicted molar refractivity (Wildman–Crippen MR) is 99.1 cm³/mol. The van der Waals surface area contributed by atoms with Crippen LogP contribution in [0, 0.1) is 0 Å². The number of hydrogen-bond donors (Lipinski definition) is 1. The first-order valence-corrected chi connectivity index (χ1v) is 9.12. The zero-order valence-corrected chi connectivity index (χ0v) is 15.1. The molecule has 1 unspecified atom stereocenters. The summed E-state index contributed by atoms with van der Waals surface area (Å²) in [7, 11) is 0. The van der Waals surface area contributed by atoms with Crippen molar-refractivity contribution in [3.63, 3.8) is 0 Å². The molecule has 2 aromatic rings. The van der Waals surface area contributed by atoms with E-state index >= 15 is 0 Å². The van der Waals surface area contributed by atoms with Crippen LogP contribution in [0.1, 0.15) is 16.8 Å². The second kappa shape index (κ2) is 7.27. The molecule has 1 aromatic carbocycles. The Morgan fingerprint density at radius 1 is 1.07 bits per heavy atom. The van der Waals surface area contributed by atoms with Gasteiger partial charge >= 0.3 is 0 Å². The maximum absolute atomic E-state index is 14.1. The number of rotatable bonds is 4. The van der Waals surface area contributed by atoms with Crippen molar-refractivity contribution < 1.29 is 18.4 Å².